The first kappa shape index (κ1) is 16.8. The van der Waals surface area contributed by atoms with Gasteiger partial charge in [0.25, 0.3) is 0 Å². The largest absolute Gasteiger partial charge is 0.468 e. The van der Waals surface area contributed by atoms with Crippen LogP contribution in [0.5, 0.6) is 0 Å². The molecule has 1 N–H and O–H groups in total. The van der Waals surface area contributed by atoms with Gasteiger partial charge >= 0.3 is 5.97 Å². The molecular formula is C17H31NO3. The van der Waals surface area contributed by atoms with Crippen molar-refractivity contribution in [3.63, 3.8) is 0 Å². The predicted octanol–water partition coefficient (Wildman–Crippen LogP) is 2.90. The van der Waals surface area contributed by atoms with Crippen LogP contribution in [-0.4, -0.2) is 37.4 Å². The molecule has 2 rings (SSSR count). The number of carbonyl (C=O) groups excluding carboxylic acids is 1. The third kappa shape index (κ3) is 3.78. The number of rotatable bonds is 5. The Hall–Kier alpha value is -0.610. The topological polar surface area (TPSA) is 47.6 Å². The van der Waals surface area contributed by atoms with Gasteiger partial charge in [-0.3, -0.25) is 4.79 Å². The first-order valence-corrected chi connectivity index (χ1v) is 8.49. The van der Waals surface area contributed by atoms with E-state index in [1.165, 1.54) is 13.5 Å². The van der Waals surface area contributed by atoms with Gasteiger partial charge in [-0.05, 0) is 50.5 Å². The Morgan fingerprint density at radius 2 is 1.95 bits per heavy atom. The second kappa shape index (κ2) is 7.10. The molecule has 2 aliphatic carbocycles. The number of hydrogen-bond donors (Lipinski definition) is 1. The Labute approximate surface area is 129 Å². The minimum Gasteiger partial charge on any atom is -0.468 e. The Bertz CT molecular complexity index is 360. The molecule has 0 radical (unpaired) electrons. The maximum Gasteiger partial charge on any atom is 0.326 e. The monoisotopic (exact) mass is 297 g/mol. The highest BCUT2D eigenvalue weighted by Gasteiger charge is 2.46. The van der Waals surface area contributed by atoms with E-state index in [0.717, 1.165) is 50.5 Å². The number of hydrogen-bond acceptors (Lipinski definition) is 4. The van der Waals surface area contributed by atoms with Crippen LogP contribution in [0, 0.1) is 11.8 Å². The predicted molar refractivity (Wildman–Crippen MR) is 83.1 cm³/mol. The molecule has 5 unspecified atom stereocenters. The number of likely N-dealkylation sites (N-methyl/N-ethyl adjacent to an activating group) is 1. The summed E-state index contributed by atoms with van der Waals surface area (Å²) >= 11 is 0. The van der Waals surface area contributed by atoms with E-state index in [-0.39, 0.29) is 12.1 Å². The van der Waals surface area contributed by atoms with E-state index < -0.39 is 5.54 Å². The summed E-state index contributed by atoms with van der Waals surface area (Å²) in [5.74, 6) is 1.41. The van der Waals surface area contributed by atoms with E-state index in [4.69, 9.17) is 9.47 Å². The van der Waals surface area contributed by atoms with Gasteiger partial charge in [-0.15, -0.1) is 0 Å². The molecule has 122 valence electrons. The van der Waals surface area contributed by atoms with Crippen molar-refractivity contribution in [2.45, 2.75) is 77.0 Å². The van der Waals surface area contributed by atoms with E-state index in [1.807, 2.05) is 6.92 Å². The zero-order chi connectivity index (χ0) is 15.5. The molecule has 5 atom stereocenters. The number of carbonyl (C=O) groups is 1. The number of methoxy groups -OCH3 is 1. The molecule has 0 amide bonds. The van der Waals surface area contributed by atoms with E-state index in [9.17, 15) is 4.79 Å². The normalized spacial score (nSPS) is 40.2. The minimum absolute atomic E-state index is 0.138. The van der Waals surface area contributed by atoms with Crippen molar-refractivity contribution in [2.24, 2.45) is 11.8 Å². The lowest BCUT2D eigenvalue weighted by molar-refractivity contribution is -0.149. The fraction of sp³-hybridized carbons (Fsp3) is 0.941. The van der Waals surface area contributed by atoms with Crippen molar-refractivity contribution in [3.05, 3.63) is 0 Å². The Morgan fingerprint density at radius 1 is 1.19 bits per heavy atom. The number of esters is 1. The lowest BCUT2D eigenvalue weighted by Crippen LogP contribution is -2.51. The van der Waals surface area contributed by atoms with Crippen molar-refractivity contribution in [1.29, 1.82) is 0 Å². The summed E-state index contributed by atoms with van der Waals surface area (Å²) in [6.45, 7) is 7.47. The second-order valence-electron chi connectivity index (χ2n) is 6.99. The van der Waals surface area contributed by atoms with Gasteiger partial charge in [-0.2, -0.15) is 0 Å². The molecule has 0 aromatic carbocycles. The molecule has 0 aromatic rings. The summed E-state index contributed by atoms with van der Waals surface area (Å²) in [6, 6.07) is 0. The van der Waals surface area contributed by atoms with Crippen LogP contribution in [0.3, 0.4) is 0 Å². The third-order valence-corrected chi connectivity index (χ3v) is 5.50. The van der Waals surface area contributed by atoms with Gasteiger partial charge < -0.3 is 14.8 Å². The van der Waals surface area contributed by atoms with Crippen LogP contribution < -0.4 is 5.32 Å². The molecule has 21 heavy (non-hydrogen) atoms. The second-order valence-corrected chi connectivity index (χ2v) is 6.99. The van der Waals surface area contributed by atoms with E-state index >= 15 is 0 Å². The highest BCUT2D eigenvalue weighted by molar-refractivity contribution is 5.81. The molecule has 4 nitrogen and oxygen atoms in total. The van der Waals surface area contributed by atoms with Crippen LogP contribution in [0.25, 0.3) is 0 Å². The van der Waals surface area contributed by atoms with Crippen molar-refractivity contribution in [3.8, 4) is 0 Å². The molecule has 0 aromatic heterocycles. The number of nitrogens with one attached hydrogen (secondary N) is 1. The van der Waals surface area contributed by atoms with Crippen LogP contribution in [0.2, 0.25) is 0 Å². The maximum absolute atomic E-state index is 12.1. The van der Waals surface area contributed by atoms with E-state index in [2.05, 4.69) is 19.2 Å². The van der Waals surface area contributed by atoms with Gasteiger partial charge in [0, 0.05) is 6.42 Å². The molecule has 4 heteroatoms. The summed E-state index contributed by atoms with van der Waals surface area (Å²) in [4.78, 5) is 12.1. The van der Waals surface area contributed by atoms with Gasteiger partial charge in [-0.25, -0.2) is 0 Å². The molecule has 0 heterocycles. The summed E-state index contributed by atoms with van der Waals surface area (Å²) in [5.41, 5.74) is -0.526. The molecule has 2 saturated carbocycles. The highest BCUT2D eigenvalue weighted by Crippen LogP contribution is 2.37. The van der Waals surface area contributed by atoms with Gasteiger partial charge in [-0.1, -0.05) is 20.8 Å². The van der Waals surface area contributed by atoms with Gasteiger partial charge in [0.1, 0.15) is 5.54 Å². The molecular weight excluding hydrogens is 266 g/mol. The molecule has 0 saturated heterocycles. The SMILES string of the molecule is CCNC1(C(=O)OC)CCC(OC2CCC(C)C(C)C2)C1. The Balaban J connectivity index is 1.90. The van der Waals surface area contributed by atoms with Crippen LogP contribution in [0.15, 0.2) is 0 Å². The fourth-order valence-corrected chi connectivity index (χ4v) is 3.96. The molecule has 0 spiro atoms. The van der Waals surface area contributed by atoms with E-state index in [0.29, 0.717) is 6.10 Å². The van der Waals surface area contributed by atoms with Crippen LogP contribution in [0.4, 0.5) is 0 Å². The summed E-state index contributed by atoms with van der Waals surface area (Å²) in [6.07, 6.45) is 6.64. The number of ether oxygens (including phenoxy) is 2. The quantitative estimate of drug-likeness (QED) is 0.793. The summed E-state index contributed by atoms with van der Waals surface area (Å²) in [5, 5.41) is 3.34. The van der Waals surface area contributed by atoms with Crippen LogP contribution in [0.1, 0.15) is 59.3 Å². The zero-order valence-corrected chi connectivity index (χ0v) is 14.0. The van der Waals surface area contributed by atoms with Crippen molar-refractivity contribution in [2.75, 3.05) is 13.7 Å². The van der Waals surface area contributed by atoms with Gasteiger partial charge in [0.15, 0.2) is 0 Å². The van der Waals surface area contributed by atoms with Crippen LogP contribution >= 0.6 is 0 Å². The molecule has 2 fully saturated rings. The average molecular weight is 297 g/mol. The van der Waals surface area contributed by atoms with Gasteiger partial charge in [0.2, 0.25) is 0 Å². The van der Waals surface area contributed by atoms with Crippen molar-refractivity contribution >= 4 is 5.97 Å². The fourth-order valence-electron chi connectivity index (χ4n) is 3.96. The van der Waals surface area contributed by atoms with Gasteiger partial charge in [0.05, 0.1) is 19.3 Å². The standard InChI is InChI=1S/C17H31NO3/c1-5-18-17(16(19)20-4)9-8-15(11-17)21-14-7-6-12(2)13(3)10-14/h12-15,18H,5-11H2,1-4H3. The first-order chi connectivity index (χ1) is 10.0. The average Bonchev–Trinajstić information content (AvgIpc) is 2.87. The van der Waals surface area contributed by atoms with Crippen molar-refractivity contribution in [1.82, 2.24) is 5.32 Å². The minimum atomic E-state index is -0.526. The molecule has 0 aliphatic heterocycles. The Morgan fingerprint density at radius 3 is 2.57 bits per heavy atom. The molecule has 0 bridgehead atoms. The van der Waals surface area contributed by atoms with Crippen LogP contribution in [-0.2, 0) is 14.3 Å². The summed E-state index contributed by atoms with van der Waals surface area (Å²) < 4.78 is 11.3. The lowest BCUT2D eigenvalue weighted by Gasteiger charge is -2.34. The smallest absolute Gasteiger partial charge is 0.326 e. The lowest BCUT2D eigenvalue weighted by atomic mass is 9.80. The molecule has 2 aliphatic rings. The van der Waals surface area contributed by atoms with E-state index in [1.54, 1.807) is 0 Å². The Kier molecular flexibility index (Phi) is 5.67. The zero-order valence-electron chi connectivity index (χ0n) is 14.0. The van der Waals surface area contributed by atoms with Crippen molar-refractivity contribution < 1.29 is 14.3 Å². The summed E-state index contributed by atoms with van der Waals surface area (Å²) in [7, 11) is 1.47. The first-order valence-electron chi connectivity index (χ1n) is 8.49. The third-order valence-electron chi connectivity index (χ3n) is 5.50. The highest BCUT2D eigenvalue weighted by atomic mass is 16.5. The maximum atomic E-state index is 12.1.